The molecule has 4 rings (SSSR count). The Morgan fingerprint density at radius 1 is 1.08 bits per heavy atom. The Hall–Kier alpha value is -2.17. The third-order valence-electron chi connectivity index (χ3n) is 5.16. The molecular weight excluding hydrogens is 312 g/mol. The summed E-state index contributed by atoms with van der Waals surface area (Å²) in [6, 6.07) is 16.5. The van der Waals surface area contributed by atoms with E-state index in [9.17, 15) is 4.79 Å². The molecule has 130 valence electrons. The molecule has 1 N–H and O–H groups in total. The van der Waals surface area contributed by atoms with Crippen molar-refractivity contribution < 1.29 is 9.53 Å². The van der Waals surface area contributed by atoms with Crippen molar-refractivity contribution >= 4 is 5.91 Å². The number of nitrogens with one attached hydrogen (secondary N) is 1. The molecule has 1 heterocycles. The van der Waals surface area contributed by atoms with Gasteiger partial charge < -0.3 is 10.1 Å². The van der Waals surface area contributed by atoms with E-state index in [1.54, 1.807) is 0 Å². The van der Waals surface area contributed by atoms with E-state index in [0.29, 0.717) is 0 Å². The van der Waals surface area contributed by atoms with Crippen LogP contribution in [0.25, 0.3) is 0 Å². The Morgan fingerprint density at radius 3 is 2.64 bits per heavy atom. The molecule has 1 amide bonds. The number of hydrogen-bond acceptors (Lipinski definition) is 3. The molecule has 4 heteroatoms. The van der Waals surface area contributed by atoms with Crippen LogP contribution in [0, 0.1) is 0 Å². The molecule has 0 aromatic heterocycles. The summed E-state index contributed by atoms with van der Waals surface area (Å²) in [5, 5.41) is 3.19. The van der Waals surface area contributed by atoms with E-state index in [4.69, 9.17) is 4.74 Å². The molecule has 1 saturated heterocycles. The first-order chi connectivity index (χ1) is 12.3. The van der Waals surface area contributed by atoms with Crippen LogP contribution in [0.15, 0.2) is 48.5 Å². The lowest BCUT2D eigenvalue weighted by Crippen LogP contribution is -2.35. The lowest BCUT2D eigenvalue weighted by atomic mass is 10.1. The molecule has 1 aliphatic carbocycles. The van der Waals surface area contributed by atoms with Crippen molar-refractivity contribution in [3.63, 3.8) is 0 Å². The summed E-state index contributed by atoms with van der Waals surface area (Å²) in [4.78, 5) is 15.0. The van der Waals surface area contributed by atoms with E-state index >= 15 is 0 Å². The summed E-state index contributed by atoms with van der Waals surface area (Å²) >= 11 is 0. The van der Waals surface area contributed by atoms with Gasteiger partial charge in [-0.05, 0) is 41.7 Å². The highest BCUT2D eigenvalue weighted by atomic mass is 16.5. The number of ether oxygens (including phenoxy) is 1. The molecule has 4 nitrogen and oxygen atoms in total. The molecule has 0 spiro atoms. The lowest BCUT2D eigenvalue weighted by Gasteiger charge is -2.26. The van der Waals surface area contributed by atoms with Gasteiger partial charge in [0.25, 0.3) is 5.91 Å². The average Bonchev–Trinajstić information content (AvgIpc) is 3.06. The molecule has 1 atom stereocenters. The third-order valence-corrected chi connectivity index (χ3v) is 5.16. The summed E-state index contributed by atoms with van der Waals surface area (Å²) in [5.41, 5.74) is 4.59. The first kappa shape index (κ1) is 16.3. The number of carbonyl (C=O) groups is 1. The Morgan fingerprint density at radius 2 is 1.84 bits per heavy atom. The normalized spacial score (nSPS) is 20.2. The van der Waals surface area contributed by atoms with Gasteiger partial charge in [-0.25, -0.2) is 0 Å². The summed E-state index contributed by atoms with van der Waals surface area (Å²) in [6.07, 6.45) is 2.03. The first-order valence-electron chi connectivity index (χ1n) is 9.07. The molecule has 25 heavy (non-hydrogen) atoms. The van der Waals surface area contributed by atoms with Gasteiger partial charge in [-0.15, -0.1) is 0 Å². The van der Waals surface area contributed by atoms with Crippen LogP contribution in [0.1, 0.15) is 39.5 Å². The monoisotopic (exact) mass is 336 g/mol. The summed E-state index contributed by atoms with van der Waals surface area (Å²) < 4.78 is 5.38. The van der Waals surface area contributed by atoms with Crippen molar-refractivity contribution in [2.45, 2.75) is 25.4 Å². The fourth-order valence-corrected chi connectivity index (χ4v) is 3.73. The number of benzene rings is 2. The fraction of sp³-hybridized carbons (Fsp3) is 0.381. The predicted octanol–water partition coefficient (Wildman–Crippen LogP) is 2.94. The predicted molar refractivity (Wildman–Crippen MR) is 97.5 cm³/mol. The number of morpholine rings is 1. The highest BCUT2D eigenvalue weighted by molar-refractivity contribution is 5.94. The Labute approximate surface area is 148 Å². The molecular formula is C21H24N2O2. The average molecular weight is 336 g/mol. The largest absolute Gasteiger partial charge is 0.379 e. The van der Waals surface area contributed by atoms with Crippen LogP contribution in [0.5, 0.6) is 0 Å². The molecule has 0 bridgehead atoms. The van der Waals surface area contributed by atoms with Crippen LogP contribution in [0.3, 0.4) is 0 Å². The number of carbonyl (C=O) groups excluding carboxylic acids is 1. The van der Waals surface area contributed by atoms with Crippen molar-refractivity contribution in [2.75, 3.05) is 26.3 Å². The van der Waals surface area contributed by atoms with Crippen LogP contribution >= 0.6 is 0 Å². The van der Waals surface area contributed by atoms with E-state index in [2.05, 4.69) is 40.5 Å². The Kier molecular flexibility index (Phi) is 4.81. The van der Waals surface area contributed by atoms with Crippen molar-refractivity contribution in [2.24, 2.45) is 0 Å². The molecule has 2 aromatic carbocycles. The van der Waals surface area contributed by atoms with Gasteiger partial charge in [-0.3, -0.25) is 9.69 Å². The van der Waals surface area contributed by atoms with Crippen molar-refractivity contribution in [3.8, 4) is 0 Å². The van der Waals surface area contributed by atoms with Crippen molar-refractivity contribution in [1.82, 2.24) is 10.2 Å². The zero-order chi connectivity index (χ0) is 17.1. The molecule has 0 saturated carbocycles. The van der Waals surface area contributed by atoms with Gasteiger partial charge >= 0.3 is 0 Å². The quantitative estimate of drug-likeness (QED) is 0.933. The standard InChI is InChI=1S/C21H24N2O2/c24-21(22-20-10-9-17-3-1-2-4-19(17)20)18-7-5-16(6-8-18)15-23-11-13-25-14-12-23/h1-8,20H,9-15H2,(H,22,24)/t20-/m1/s1. The van der Waals surface area contributed by atoms with Crippen LogP contribution in [-0.2, 0) is 17.7 Å². The Balaban J connectivity index is 1.38. The van der Waals surface area contributed by atoms with Crippen LogP contribution < -0.4 is 5.32 Å². The maximum atomic E-state index is 12.6. The fourth-order valence-electron chi connectivity index (χ4n) is 3.73. The number of rotatable bonds is 4. The van der Waals surface area contributed by atoms with Gasteiger partial charge in [0, 0.05) is 25.2 Å². The Bertz CT molecular complexity index is 736. The molecule has 1 fully saturated rings. The van der Waals surface area contributed by atoms with Crippen molar-refractivity contribution in [3.05, 3.63) is 70.8 Å². The second-order valence-corrected chi connectivity index (χ2v) is 6.85. The number of aryl methyl sites for hydroxylation is 1. The molecule has 2 aromatic rings. The lowest BCUT2D eigenvalue weighted by molar-refractivity contribution is 0.0342. The SMILES string of the molecule is O=C(N[C@@H]1CCc2ccccc21)c1ccc(CN2CCOCC2)cc1. The number of hydrogen-bond donors (Lipinski definition) is 1. The maximum Gasteiger partial charge on any atom is 0.251 e. The molecule has 0 radical (unpaired) electrons. The van der Waals surface area contributed by atoms with E-state index in [0.717, 1.165) is 51.3 Å². The topological polar surface area (TPSA) is 41.6 Å². The number of nitrogens with zero attached hydrogens (tertiary/aromatic N) is 1. The van der Waals surface area contributed by atoms with Crippen LogP contribution in [-0.4, -0.2) is 37.1 Å². The minimum Gasteiger partial charge on any atom is -0.379 e. The van der Waals surface area contributed by atoms with Crippen molar-refractivity contribution in [1.29, 1.82) is 0 Å². The second kappa shape index (κ2) is 7.38. The molecule has 1 aliphatic heterocycles. The molecule has 2 aliphatic rings. The minimum absolute atomic E-state index is 0.0135. The smallest absolute Gasteiger partial charge is 0.251 e. The van der Waals surface area contributed by atoms with E-state index in [1.807, 2.05) is 18.2 Å². The highest BCUT2D eigenvalue weighted by Crippen LogP contribution is 2.30. The van der Waals surface area contributed by atoms with Gasteiger partial charge in [0.2, 0.25) is 0 Å². The third kappa shape index (κ3) is 3.75. The number of amides is 1. The summed E-state index contributed by atoms with van der Waals surface area (Å²) in [6.45, 7) is 4.49. The second-order valence-electron chi connectivity index (χ2n) is 6.85. The minimum atomic E-state index is 0.0135. The maximum absolute atomic E-state index is 12.6. The number of fused-ring (bicyclic) bond motifs is 1. The van der Waals surface area contributed by atoms with E-state index in [-0.39, 0.29) is 11.9 Å². The van der Waals surface area contributed by atoms with Gasteiger partial charge in [0.1, 0.15) is 0 Å². The van der Waals surface area contributed by atoms with E-state index in [1.165, 1.54) is 16.7 Å². The van der Waals surface area contributed by atoms with Crippen LogP contribution in [0.4, 0.5) is 0 Å². The molecule has 0 unspecified atom stereocenters. The van der Waals surface area contributed by atoms with Crippen LogP contribution in [0.2, 0.25) is 0 Å². The van der Waals surface area contributed by atoms with Gasteiger partial charge in [-0.2, -0.15) is 0 Å². The van der Waals surface area contributed by atoms with Gasteiger partial charge in [0.15, 0.2) is 0 Å². The van der Waals surface area contributed by atoms with Gasteiger partial charge in [-0.1, -0.05) is 36.4 Å². The van der Waals surface area contributed by atoms with Gasteiger partial charge in [0.05, 0.1) is 19.3 Å². The first-order valence-corrected chi connectivity index (χ1v) is 9.07. The highest BCUT2D eigenvalue weighted by Gasteiger charge is 2.23. The summed E-state index contributed by atoms with van der Waals surface area (Å²) in [5.74, 6) is 0.0135. The van der Waals surface area contributed by atoms with E-state index < -0.39 is 0 Å². The zero-order valence-corrected chi connectivity index (χ0v) is 14.4. The summed E-state index contributed by atoms with van der Waals surface area (Å²) in [7, 11) is 0. The zero-order valence-electron chi connectivity index (χ0n) is 14.4.